The summed E-state index contributed by atoms with van der Waals surface area (Å²) in [6.45, 7) is 1.22. The first kappa shape index (κ1) is 19.9. The number of hydrogen-bond donors (Lipinski definition) is 3. The number of fused-ring (bicyclic) bond motifs is 2. The number of aliphatic imine (C=N–C) groups is 1. The van der Waals surface area contributed by atoms with Crippen LogP contribution in [0, 0.1) is 0 Å². The number of amides is 2. The van der Waals surface area contributed by atoms with Crippen molar-refractivity contribution in [3.63, 3.8) is 0 Å². The number of hydrogen-bond acceptors (Lipinski definition) is 5. The topological polar surface area (TPSA) is 105 Å². The van der Waals surface area contributed by atoms with Gasteiger partial charge in [0.05, 0.1) is 28.4 Å². The Kier molecular flexibility index (Phi) is 4.93. The molecule has 2 aromatic heterocycles. The molecular formula is C24H19N5O2S. The van der Waals surface area contributed by atoms with Gasteiger partial charge in [-0.05, 0) is 36.8 Å². The van der Waals surface area contributed by atoms with Crippen LogP contribution in [0.5, 0.6) is 0 Å². The van der Waals surface area contributed by atoms with Gasteiger partial charge in [-0.3, -0.25) is 14.9 Å². The average molecular weight is 442 g/mol. The number of H-pyrrole nitrogens is 1. The molecule has 0 spiro atoms. The van der Waals surface area contributed by atoms with Crippen LogP contribution in [0.15, 0.2) is 59.9 Å². The molecule has 5 rings (SSSR count). The van der Waals surface area contributed by atoms with Crippen LogP contribution >= 0.6 is 12.2 Å². The summed E-state index contributed by atoms with van der Waals surface area (Å²) >= 11 is 4.64. The van der Waals surface area contributed by atoms with Crippen LogP contribution in [-0.2, 0) is 16.1 Å². The van der Waals surface area contributed by atoms with Crippen LogP contribution in [0.2, 0.25) is 0 Å². The number of imide groups is 1. The number of carbonyl (C=O) groups excluding carboxylic acids is 2. The molecule has 1 aliphatic heterocycles. The van der Waals surface area contributed by atoms with Gasteiger partial charge in [0, 0.05) is 52.0 Å². The van der Waals surface area contributed by atoms with Crippen LogP contribution < -0.4 is 11.1 Å². The van der Waals surface area contributed by atoms with Crippen LogP contribution in [0.4, 0.5) is 5.69 Å². The molecule has 158 valence electrons. The summed E-state index contributed by atoms with van der Waals surface area (Å²) in [6.07, 6.45) is 4.44. The summed E-state index contributed by atoms with van der Waals surface area (Å²) in [5.74, 6) is -0.808. The van der Waals surface area contributed by atoms with Gasteiger partial charge in [-0.25, -0.2) is 4.99 Å². The Morgan fingerprint density at radius 3 is 2.62 bits per heavy atom. The summed E-state index contributed by atoms with van der Waals surface area (Å²) in [7, 11) is 0. The Labute approximate surface area is 188 Å². The van der Waals surface area contributed by atoms with Gasteiger partial charge < -0.3 is 15.3 Å². The van der Waals surface area contributed by atoms with Gasteiger partial charge in [0.25, 0.3) is 11.8 Å². The first-order valence-electron chi connectivity index (χ1n) is 10.2. The molecule has 4 N–H and O–H groups in total. The van der Waals surface area contributed by atoms with Gasteiger partial charge in [-0.1, -0.05) is 24.3 Å². The molecule has 0 saturated carbocycles. The van der Waals surface area contributed by atoms with Gasteiger partial charge in [0.1, 0.15) is 0 Å². The molecule has 1 aliphatic rings. The number of aromatic amines is 1. The number of nitrogens with two attached hydrogens (primary N) is 1. The maximum Gasteiger partial charge on any atom is 0.259 e. The lowest BCUT2D eigenvalue weighted by Gasteiger charge is -2.04. The van der Waals surface area contributed by atoms with E-state index in [1.165, 1.54) is 0 Å². The van der Waals surface area contributed by atoms with Gasteiger partial charge in [0.2, 0.25) is 0 Å². The third kappa shape index (κ3) is 3.22. The molecule has 7 nitrogen and oxygen atoms in total. The molecule has 0 fully saturated rings. The van der Waals surface area contributed by atoms with E-state index in [0.717, 1.165) is 28.2 Å². The van der Waals surface area contributed by atoms with Crippen molar-refractivity contribution in [2.45, 2.75) is 13.0 Å². The van der Waals surface area contributed by atoms with E-state index < -0.39 is 11.8 Å². The normalized spacial score (nSPS) is 13.8. The van der Waals surface area contributed by atoms with Crippen molar-refractivity contribution < 1.29 is 9.59 Å². The molecule has 0 atom stereocenters. The highest BCUT2D eigenvalue weighted by molar-refractivity contribution is 7.78. The zero-order valence-electron chi connectivity index (χ0n) is 17.0. The Morgan fingerprint density at radius 2 is 1.81 bits per heavy atom. The third-order valence-corrected chi connectivity index (χ3v) is 5.83. The van der Waals surface area contributed by atoms with Crippen molar-refractivity contribution in [3.05, 3.63) is 66.0 Å². The van der Waals surface area contributed by atoms with Gasteiger partial charge in [-0.2, -0.15) is 0 Å². The minimum Gasteiger partial charge on any atom is -0.399 e. The lowest BCUT2D eigenvalue weighted by atomic mass is 9.95. The highest BCUT2D eigenvalue weighted by atomic mass is 32.1. The Balaban J connectivity index is 1.73. The number of nitrogen functional groups attached to an aromatic ring is 1. The van der Waals surface area contributed by atoms with Crippen LogP contribution in [0.3, 0.4) is 0 Å². The van der Waals surface area contributed by atoms with Crippen LogP contribution in [0.1, 0.15) is 17.5 Å². The van der Waals surface area contributed by atoms with E-state index in [1.54, 1.807) is 12.3 Å². The number of nitrogens with zero attached hydrogens (tertiary/aromatic N) is 2. The van der Waals surface area contributed by atoms with E-state index in [9.17, 15) is 9.59 Å². The summed E-state index contributed by atoms with van der Waals surface area (Å²) in [6, 6.07) is 13.3. The number of nitrogens with one attached hydrogen (secondary N) is 2. The number of anilines is 1. The first-order valence-corrected chi connectivity index (χ1v) is 10.6. The van der Waals surface area contributed by atoms with E-state index in [0.29, 0.717) is 41.1 Å². The molecule has 8 heteroatoms. The molecule has 0 saturated heterocycles. The van der Waals surface area contributed by atoms with Crippen LogP contribution in [0.25, 0.3) is 33.0 Å². The number of aromatic nitrogens is 2. The summed E-state index contributed by atoms with van der Waals surface area (Å²) < 4.78 is 2.04. The molecule has 0 unspecified atom stereocenters. The second kappa shape index (κ2) is 7.92. The maximum atomic E-state index is 13.0. The second-order valence-corrected chi connectivity index (χ2v) is 7.80. The fraction of sp³-hybridized carbons (Fsp3) is 0.125. The van der Waals surface area contributed by atoms with Crippen molar-refractivity contribution in [1.29, 1.82) is 0 Å². The predicted molar refractivity (Wildman–Crippen MR) is 129 cm³/mol. The lowest BCUT2D eigenvalue weighted by molar-refractivity contribution is -0.122. The molecule has 4 aromatic rings. The quantitative estimate of drug-likeness (QED) is 0.139. The SMILES string of the molecule is Nc1ccc2c(C3=C(c4c[nH]c5ccccc45)C(=O)NC3=O)cn(CCCN=C=S)c2c1. The van der Waals surface area contributed by atoms with Gasteiger partial charge in [0.15, 0.2) is 0 Å². The molecule has 0 aliphatic carbocycles. The number of aryl methyl sites for hydroxylation is 1. The molecular weight excluding hydrogens is 422 g/mol. The fourth-order valence-corrected chi connectivity index (χ4v) is 4.40. The molecule has 0 radical (unpaired) electrons. The van der Waals surface area contributed by atoms with E-state index in [1.807, 2.05) is 47.2 Å². The maximum absolute atomic E-state index is 13.0. The standard InChI is InChI=1S/C24H19N5O2S/c25-14-6-7-16-18(12-29(20(16)10-14)9-3-8-26-13-32)22-21(23(30)28-24(22)31)17-11-27-19-5-2-1-4-15(17)19/h1-2,4-7,10-12,27H,3,8-9,25H2,(H,28,30,31). The third-order valence-electron chi connectivity index (χ3n) is 5.70. The molecule has 2 amide bonds. The number of benzene rings is 2. The monoisotopic (exact) mass is 441 g/mol. The number of thiocarbonyl (C=S) groups is 1. The van der Waals surface area contributed by atoms with Crippen molar-refractivity contribution in [1.82, 2.24) is 14.9 Å². The van der Waals surface area contributed by atoms with Gasteiger partial charge >= 0.3 is 0 Å². The van der Waals surface area contributed by atoms with Crippen molar-refractivity contribution in [2.75, 3.05) is 12.3 Å². The molecule has 32 heavy (non-hydrogen) atoms. The van der Waals surface area contributed by atoms with Crippen molar-refractivity contribution in [3.8, 4) is 0 Å². The summed E-state index contributed by atoms with van der Waals surface area (Å²) in [4.78, 5) is 33.0. The van der Waals surface area contributed by atoms with E-state index in [-0.39, 0.29) is 0 Å². The Morgan fingerprint density at radius 1 is 1.03 bits per heavy atom. The highest BCUT2D eigenvalue weighted by Crippen LogP contribution is 2.38. The number of rotatable bonds is 6. The lowest BCUT2D eigenvalue weighted by Crippen LogP contribution is -2.22. The molecule has 2 aromatic carbocycles. The van der Waals surface area contributed by atoms with Gasteiger partial charge in [-0.15, -0.1) is 0 Å². The highest BCUT2D eigenvalue weighted by Gasteiger charge is 2.35. The predicted octanol–water partition coefficient (Wildman–Crippen LogP) is 3.76. The van der Waals surface area contributed by atoms with Crippen LogP contribution in [-0.4, -0.2) is 33.1 Å². The molecule has 3 heterocycles. The Hall–Kier alpha value is -4.00. The summed E-state index contributed by atoms with van der Waals surface area (Å²) in [5.41, 5.74) is 10.6. The van der Waals surface area contributed by atoms with Crippen molar-refractivity contribution >= 4 is 67.8 Å². The minimum atomic E-state index is -0.406. The second-order valence-electron chi connectivity index (χ2n) is 7.62. The average Bonchev–Trinajstić information content (AvgIpc) is 3.44. The number of isothiocyanates is 1. The number of para-hydroxylation sites is 1. The molecule has 0 bridgehead atoms. The van der Waals surface area contributed by atoms with E-state index in [2.05, 4.69) is 32.7 Å². The van der Waals surface area contributed by atoms with Crippen molar-refractivity contribution in [2.24, 2.45) is 4.99 Å². The fourth-order valence-electron chi connectivity index (χ4n) is 4.31. The minimum absolute atomic E-state index is 0.366. The Bertz CT molecular complexity index is 1490. The number of carbonyl (C=O) groups is 2. The summed E-state index contributed by atoms with van der Waals surface area (Å²) in [5, 5.41) is 6.60. The zero-order valence-corrected chi connectivity index (χ0v) is 17.8. The first-order chi connectivity index (χ1) is 15.6. The van der Waals surface area contributed by atoms with E-state index in [4.69, 9.17) is 5.73 Å². The largest absolute Gasteiger partial charge is 0.399 e. The zero-order chi connectivity index (χ0) is 22.2. The smallest absolute Gasteiger partial charge is 0.259 e. The van der Waals surface area contributed by atoms with E-state index >= 15 is 0 Å².